The Hall–Kier alpha value is -1.22. The highest BCUT2D eigenvalue weighted by atomic mass is 35.5. The molecule has 1 heterocycles. The number of hydrogen-bond donors (Lipinski definition) is 0. The number of carbonyl (C=O) groups excluding carboxylic acids is 1. The Morgan fingerprint density at radius 2 is 2.40 bits per heavy atom. The van der Waals surface area contributed by atoms with E-state index in [0.717, 1.165) is 18.0 Å². The summed E-state index contributed by atoms with van der Waals surface area (Å²) in [5.41, 5.74) is 1.63. The smallest absolute Gasteiger partial charge is 0.177 e. The van der Waals surface area contributed by atoms with Crippen LogP contribution in [0, 0.1) is 0 Å². The van der Waals surface area contributed by atoms with Gasteiger partial charge in [0.2, 0.25) is 0 Å². The second kappa shape index (κ2) is 4.11. The molecule has 1 aromatic rings. The standard InChI is InChI=1S/C11H12ClNO2/c1-13-4-5-15-11-6-8(10(14)7-12)2-3-9(11)13/h2-3,6H,4-5,7H2,1H3. The van der Waals surface area contributed by atoms with Crippen LogP contribution in [0.3, 0.4) is 0 Å². The summed E-state index contributed by atoms with van der Waals surface area (Å²) >= 11 is 5.50. The molecule has 4 heteroatoms. The van der Waals surface area contributed by atoms with Crippen molar-refractivity contribution in [3.05, 3.63) is 23.8 Å². The molecule has 15 heavy (non-hydrogen) atoms. The average Bonchev–Trinajstić information content (AvgIpc) is 2.28. The number of ether oxygens (including phenoxy) is 1. The van der Waals surface area contributed by atoms with Crippen molar-refractivity contribution in [1.82, 2.24) is 0 Å². The van der Waals surface area contributed by atoms with Gasteiger partial charge in [0, 0.05) is 12.6 Å². The van der Waals surface area contributed by atoms with E-state index in [0.29, 0.717) is 12.2 Å². The monoisotopic (exact) mass is 225 g/mol. The van der Waals surface area contributed by atoms with Crippen LogP contribution in [0.25, 0.3) is 0 Å². The summed E-state index contributed by atoms with van der Waals surface area (Å²) in [6.07, 6.45) is 0. The van der Waals surface area contributed by atoms with Gasteiger partial charge in [-0.3, -0.25) is 4.79 Å². The third-order valence-electron chi connectivity index (χ3n) is 2.50. The predicted molar refractivity (Wildman–Crippen MR) is 60.3 cm³/mol. The Kier molecular flexibility index (Phi) is 2.82. The van der Waals surface area contributed by atoms with Crippen molar-refractivity contribution >= 4 is 23.1 Å². The van der Waals surface area contributed by atoms with Gasteiger partial charge in [0.15, 0.2) is 5.78 Å². The molecule has 0 bridgehead atoms. The molecular formula is C11H12ClNO2. The minimum absolute atomic E-state index is 0.00856. The van der Waals surface area contributed by atoms with Gasteiger partial charge in [-0.2, -0.15) is 0 Å². The van der Waals surface area contributed by atoms with Gasteiger partial charge in [-0.25, -0.2) is 0 Å². The molecule has 80 valence electrons. The molecule has 1 aromatic carbocycles. The molecule has 1 aliphatic heterocycles. The molecule has 0 saturated heterocycles. The summed E-state index contributed by atoms with van der Waals surface area (Å²) < 4.78 is 5.49. The highest BCUT2D eigenvalue weighted by Crippen LogP contribution is 2.31. The fraction of sp³-hybridized carbons (Fsp3) is 0.364. The van der Waals surface area contributed by atoms with Crippen LogP contribution >= 0.6 is 11.6 Å². The number of Topliss-reactive ketones (excluding diaryl/α,β-unsaturated/α-hetero) is 1. The lowest BCUT2D eigenvalue weighted by Gasteiger charge is -2.27. The van der Waals surface area contributed by atoms with Crippen LogP contribution < -0.4 is 9.64 Å². The number of anilines is 1. The van der Waals surface area contributed by atoms with Gasteiger partial charge in [-0.1, -0.05) is 0 Å². The van der Waals surface area contributed by atoms with Crippen molar-refractivity contribution in [3.8, 4) is 5.75 Å². The molecule has 0 amide bonds. The van der Waals surface area contributed by atoms with E-state index in [1.807, 2.05) is 13.1 Å². The second-order valence-electron chi connectivity index (χ2n) is 3.51. The Labute approximate surface area is 93.6 Å². The summed E-state index contributed by atoms with van der Waals surface area (Å²) in [5, 5.41) is 0. The fourth-order valence-electron chi connectivity index (χ4n) is 1.61. The molecule has 0 radical (unpaired) electrons. The quantitative estimate of drug-likeness (QED) is 0.569. The Morgan fingerprint density at radius 1 is 1.60 bits per heavy atom. The van der Waals surface area contributed by atoms with Crippen molar-refractivity contribution < 1.29 is 9.53 Å². The van der Waals surface area contributed by atoms with Crippen LogP contribution in [-0.4, -0.2) is 31.9 Å². The minimum atomic E-state index is -0.0729. The zero-order chi connectivity index (χ0) is 10.8. The highest BCUT2D eigenvalue weighted by molar-refractivity contribution is 6.30. The van der Waals surface area contributed by atoms with E-state index < -0.39 is 0 Å². The number of likely N-dealkylation sites (N-methyl/N-ethyl adjacent to an activating group) is 1. The van der Waals surface area contributed by atoms with Crippen LogP contribution in [-0.2, 0) is 0 Å². The SMILES string of the molecule is CN1CCOc2cc(C(=O)CCl)ccc21. The molecule has 0 aromatic heterocycles. The summed E-state index contributed by atoms with van der Waals surface area (Å²) in [7, 11) is 2.00. The number of alkyl halides is 1. The predicted octanol–water partition coefficient (Wildman–Crippen LogP) is 1.94. The first kappa shape index (κ1) is 10.3. The lowest BCUT2D eigenvalue weighted by atomic mass is 10.1. The molecule has 2 rings (SSSR count). The van der Waals surface area contributed by atoms with E-state index >= 15 is 0 Å². The van der Waals surface area contributed by atoms with Crippen LogP contribution in [0.5, 0.6) is 5.75 Å². The highest BCUT2D eigenvalue weighted by Gasteiger charge is 2.16. The molecule has 0 unspecified atom stereocenters. The Morgan fingerprint density at radius 3 is 3.13 bits per heavy atom. The number of benzene rings is 1. The van der Waals surface area contributed by atoms with E-state index in [2.05, 4.69) is 4.90 Å². The van der Waals surface area contributed by atoms with Crippen molar-refractivity contribution in [2.45, 2.75) is 0 Å². The van der Waals surface area contributed by atoms with Crippen molar-refractivity contribution in [2.24, 2.45) is 0 Å². The van der Waals surface area contributed by atoms with Gasteiger partial charge in [0.1, 0.15) is 12.4 Å². The number of carbonyl (C=O) groups is 1. The van der Waals surface area contributed by atoms with E-state index in [1.165, 1.54) is 0 Å². The largest absolute Gasteiger partial charge is 0.490 e. The maximum absolute atomic E-state index is 11.4. The molecule has 0 saturated carbocycles. The van der Waals surface area contributed by atoms with E-state index in [1.54, 1.807) is 12.1 Å². The molecular weight excluding hydrogens is 214 g/mol. The topological polar surface area (TPSA) is 29.5 Å². The first-order valence-electron chi connectivity index (χ1n) is 4.79. The number of nitrogens with zero attached hydrogens (tertiary/aromatic N) is 1. The molecule has 0 spiro atoms. The number of fused-ring (bicyclic) bond motifs is 1. The molecule has 0 atom stereocenters. The zero-order valence-electron chi connectivity index (χ0n) is 8.50. The number of hydrogen-bond acceptors (Lipinski definition) is 3. The first-order chi connectivity index (χ1) is 7.22. The van der Waals surface area contributed by atoms with Gasteiger partial charge < -0.3 is 9.64 Å². The van der Waals surface area contributed by atoms with Crippen molar-refractivity contribution in [3.63, 3.8) is 0 Å². The summed E-state index contributed by atoms with van der Waals surface area (Å²) in [6, 6.07) is 5.44. The third-order valence-corrected chi connectivity index (χ3v) is 2.74. The number of halogens is 1. The fourth-order valence-corrected chi connectivity index (χ4v) is 1.76. The van der Waals surface area contributed by atoms with Gasteiger partial charge in [-0.15, -0.1) is 11.6 Å². The number of rotatable bonds is 2. The molecule has 0 aliphatic carbocycles. The van der Waals surface area contributed by atoms with Crippen LogP contribution in [0.2, 0.25) is 0 Å². The third kappa shape index (κ3) is 1.92. The average molecular weight is 226 g/mol. The Bertz CT molecular complexity index is 392. The van der Waals surface area contributed by atoms with Crippen LogP contribution in [0.1, 0.15) is 10.4 Å². The van der Waals surface area contributed by atoms with Crippen LogP contribution in [0.4, 0.5) is 5.69 Å². The molecule has 0 N–H and O–H groups in total. The van der Waals surface area contributed by atoms with Crippen molar-refractivity contribution in [1.29, 1.82) is 0 Å². The normalized spacial score (nSPS) is 14.4. The molecule has 1 aliphatic rings. The van der Waals surface area contributed by atoms with Gasteiger partial charge in [0.05, 0.1) is 18.1 Å². The summed E-state index contributed by atoms with van der Waals surface area (Å²) in [5.74, 6) is 0.699. The second-order valence-corrected chi connectivity index (χ2v) is 3.78. The molecule has 0 fully saturated rings. The van der Waals surface area contributed by atoms with Gasteiger partial charge in [-0.05, 0) is 18.2 Å². The lowest BCUT2D eigenvalue weighted by Crippen LogP contribution is -2.28. The van der Waals surface area contributed by atoms with Crippen molar-refractivity contribution in [2.75, 3.05) is 31.0 Å². The lowest BCUT2D eigenvalue weighted by molar-refractivity contribution is 0.102. The van der Waals surface area contributed by atoms with E-state index in [4.69, 9.17) is 16.3 Å². The summed E-state index contributed by atoms with van der Waals surface area (Å²) in [4.78, 5) is 13.5. The van der Waals surface area contributed by atoms with Crippen LogP contribution in [0.15, 0.2) is 18.2 Å². The van der Waals surface area contributed by atoms with E-state index in [9.17, 15) is 4.79 Å². The van der Waals surface area contributed by atoms with E-state index in [-0.39, 0.29) is 11.7 Å². The maximum atomic E-state index is 11.4. The number of ketones is 1. The van der Waals surface area contributed by atoms with Gasteiger partial charge >= 0.3 is 0 Å². The Balaban J connectivity index is 2.37. The molecule has 3 nitrogen and oxygen atoms in total. The minimum Gasteiger partial charge on any atom is -0.490 e. The van der Waals surface area contributed by atoms with Gasteiger partial charge in [0.25, 0.3) is 0 Å². The first-order valence-corrected chi connectivity index (χ1v) is 5.33. The summed E-state index contributed by atoms with van der Waals surface area (Å²) in [6.45, 7) is 1.53. The zero-order valence-corrected chi connectivity index (χ0v) is 9.25. The maximum Gasteiger partial charge on any atom is 0.177 e.